The van der Waals surface area contributed by atoms with Gasteiger partial charge in [-0.1, -0.05) is 47.5 Å². The lowest BCUT2D eigenvalue weighted by Crippen LogP contribution is -2.50. The van der Waals surface area contributed by atoms with Crippen molar-refractivity contribution in [3.8, 4) is 23.1 Å². The van der Waals surface area contributed by atoms with Crippen molar-refractivity contribution >= 4 is 41.0 Å². The molecule has 1 N–H and O–H groups in total. The summed E-state index contributed by atoms with van der Waals surface area (Å²) in [6, 6.07) is 22.7. The van der Waals surface area contributed by atoms with Gasteiger partial charge in [0.1, 0.15) is 5.75 Å². The molecule has 4 aromatic rings. The Labute approximate surface area is 266 Å². The number of pyridine rings is 1. The van der Waals surface area contributed by atoms with Crippen LogP contribution in [0.2, 0.25) is 10.0 Å². The van der Waals surface area contributed by atoms with Crippen LogP contribution in [0.3, 0.4) is 0 Å². The minimum Gasteiger partial charge on any atom is -0.454 e. The van der Waals surface area contributed by atoms with Crippen LogP contribution in [0.5, 0.6) is 23.1 Å². The van der Waals surface area contributed by atoms with Gasteiger partial charge in [-0.25, -0.2) is 4.98 Å². The number of carbonyl (C=O) groups excluding carboxylic acids is 1. The molecule has 6 rings (SSSR count). The minimum absolute atomic E-state index is 0.114. The number of nitrogens with one attached hydrogen (secondary N) is 1. The number of halogens is 2. The lowest BCUT2D eigenvalue weighted by molar-refractivity contribution is -0.132. The van der Waals surface area contributed by atoms with Gasteiger partial charge in [0, 0.05) is 51.5 Å². The average molecular weight is 633 g/mol. The first-order valence-corrected chi connectivity index (χ1v) is 15.1. The zero-order valence-corrected chi connectivity index (χ0v) is 25.4. The van der Waals surface area contributed by atoms with Crippen LogP contribution in [0.4, 0.5) is 5.69 Å². The van der Waals surface area contributed by atoms with Crippen LogP contribution in [0.15, 0.2) is 84.0 Å². The van der Waals surface area contributed by atoms with Gasteiger partial charge in [0.15, 0.2) is 11.5 Å². The fourth-order valence-corrected chi connectivity index (χ4v) is 5.23. The number of nitrogens with zero attached hydrogens (tertiary/aromatic N) is 4. The van der Waals surface area contributed by atoms with Gasteiger partial charge in [0.05, 0.1) is 28.5 Å². The van der Waals surface area contributed by atoms with Crippen molar-refractivity contribution in [2.75, 3.05) is 39.5 Å². The summed E-state index contributed by atoms with van der Waals surface area (Å²) in [5, 5.41) is 4.25. The third-order valence-electron chi connectivity index (χ3n) is 7.35. The molecule has 0 radical (unpaired) electrons. The molecule has 0 atom stereocenters. The number of hydrogen-bond acceptors (Lipinski definition) is 8. The van der Waals surface area contributed by atoms with Crippen molar-refractivity contribution in [2.24, 2.45) is 4.99 Å². The molecule has 0 saturated carbocycles. The Balaban J connectivity index is 0.902. The van der Waals surface area contributed by atoms with Gasteiger partial charge >= 0.3 is 0 Å². The van der Waals surface area contributed by atoms with E-state index in [9.17, 15) is 4.79 Å². The maximum Gasteiger partial charge on any atom is 0.236 e. The maximum absolute atomic E-state index is 12.8. The van der Waals surface area contributed by atoms with Gasteiger partial charge in [-0.05, 0) is 59.2 Å². The Morgan fingerprint density at radius 1 is 0.909 bits per heavy atom. The molecule has 3 aromatic carbocycles. The lowest BCUT2D eigenvalue weighted by atomic mass is 10.1. The van der Waals surface area contributed by atoms with E-state index in [1.807, 2.05) is 53.4 Å². The van der Waals surface area contributed by atoms with Gasteiger partial charge in [0.2, 0.25) is 18.6 Å². The second-order valence-corrected chi connectivity index (χ2v) is 11.3. The van der Waals surface area contributed by atoms with E-state index >= 15 is 0 Å². The number of amides is 1. The molecule has 11 heteroatoms. The van der Waals surface area contributed by atoms with E-state index in [0.29, 0.717) is 40.5 Å². The van der Waals surface area contributed by atoms with E-state index in [0.717, 1.165) is 55.3 Å². The lowest BCUT2D eigenvalue weighted by Gasteiger charge is -2.34. The zero-order valence-electron chi connectivity index (χ0n) is 23.9. The number of hydrogen-bond donors (Lipinski definition) is 1. The first-order chi connectivity index (χ1) is 21.5. The van der Waals surface area contributed by atoms with Crippen molar-refractivity contribution in [1.29, 1.82) is 0 Å². The molecule has 2 aliphatic rings. The fraction of sp³-hybridized carbons (Fsp3) is 0.242. The number of benzene rings is 3. The van der Waals surface area contributed by atoms with Crippen LogP contribution in [0.25, 0.3) is 0 Å². The summed E-state index contributed by atoms with van der Waals surface area (Å²) in [7, 11) is 0. The number of aromatic nitrogens is 1. The third-order valence-corrected chi connectivity index (χ3v) is 8.09. The quantitative estimate of drug-likeness (QED) is 0.212. The number of fused-ring (bicyclic) bond motifs is 1. The molecular weight excluding hydrogens is 601 g/mol. The Bertz CT molecular complexity index is 1620. The van der Waals surface area contributed by atoms with Crippen molar-refractivity contribution in [3.63, 3.8) is 0 Å². The molecule has 0 aliphatic carbocycles. The first kappa shape index (κ1) is 29.9. The minimum atomic E-state index is 0.114. The molecule has 0 spiro atoms. The van der Waals surface area contributed by atoms with E-state index in [4.69, 9.17) is 37.4 Å². The average Bonchev–Trinajstić information content (AvgIpc) is 3.52. The topological polar surface area (TPSA) is 88.5 Å². The molecule has 44 heavy (non-hydrogen) atoms. The number of carbonyl (C=O) groups is 1. The number of ether oxygens (including phenoxy) is 3. The SMILES string of the molecule is O=C(CNCc1ccc(Oc2ccc(/N=C/c3ccc(Cl)c(Cl)c3)cn2)cc1)N1CCN(Cc2ccc3c(c2)OCO3)CC1. The summed E-state index contributed by atoms with van der Waals surface area (Å²) in [6.07, 6.45) is 3.34. The van der Waals surface area contributed by atoms with Crippen molar-refractivity contribution in [1.82, 2.24) is 20.1 Å². The normalized spacial score (nSPS) is 14.7. The number of rotatable bonds is 10. The Hall–Kier alpha value is -4.15. The highest BCUT2D eigenvalue weighted by Gasteiger charge is 2.22. The fourth-order valence-electron chi connectivity index (χ4n) is 4.93. The van der Waals surface area contributed by atoms with Gasteiger partial charge in [-0.15, -0.1) is 0 Å². The van der Waals surface area contributed by atoms with Crippen molar-refractivity contribution in [2.45, 2.75) is 13.1 Å². The van der Waals surface area contributed by atoms with Crippen LogP contribution < -0.4 is 19.5 Å². The van der Waals surface area contributed by atoms with E-state index in [-0.39, 0.29) is 12.7 Å². The predicted octanol–water partition coefficient (Wildman–Crippen LogP) is 6.09. The van der Waals surface area contributed by atoms with Crippen molar-refractivity contribution < 1.29 is 19.0 Å². The van der Waals surface area contributed by atoms with E-state index in [1.54, 1.807) is 30.6 Å². The third kappa shape index (κ3) is 7.86. The molecule has 1 saturated heterocycles. The Morgan fingerprint density at radius 2 is 1.70 bits per heavy atom. The molecule has 0 unspecified atom stereocenters. The zero-order chi connectivity index (χ0) is 30.3. The standard InChI is InChI=1S/C33H31Cl2N5O4/c34-28-8-3-24(15-29(28)35)18-37-26-5-10-32(38-19-26)44-27-6-1-23(2-7-27)17-36-20-33(41)40-13-11-39(12-14-40)21-25-4-9-30-31(16-25)43-22-42-30/h1-10,15-16,18-19,36H,11-14,17,20-22H2/b37-18+. The Kier molecular flexibility index (Phi) is 9.58. The molecule has 226 valence electrons. The second-order valence-electron chi connectivity index (χ2n) is 10.5. The molecule has 1 fully saturated rings. The summed E-state index contributed by atoms with van der Waals surface area (Å²) < 4.78 is 16.8. The summed E-state index contributed by atoms with van der Waals surface area (Å²) in [5.41, 5.74) is 3.76. The summed E-state index contributed by atoms with van der Waals surface area (Å²) >= 11 is 12.0. The predicted molar refractivity (Wildman–Crippen MR) is 171 cm³/mol. The molecule has 3 heterocycles. The number of aliphatic imine (C=N–C) groups is 1. The molecule has 9 nitrogen and oxygen atoms in total. The van der Waals surface area contributed by atoms with Gasteiger partial charge in [-0.3, -0.25) is 14.7 Å². The van der Waals surface area contributed by atoms with Gasteiger partial charge in [-0.2, -0.15) is 0 Å². The van der Waals surface area contributed by atoms with Gasteiger partial charge in [0.25, 0.3) is 0 Å². The van der Waals surface area contributed by atoms with Crippen LogP contribution in [-0.4, -0.2) is 66.4 Å². The van der Waals surface area contributed by atoms with Crippen LogP contribution in [-0.2, 0) is 17.9 Å². The van der Waals surface area contributed by atoms with Crippen LogP contribution in [0, 0.1) is 0 Å². The van der Waals surface area contributed by atoms with Crippen LogP contribution in [0.1, 0.15) is 16.7 Å². The maximum atomic E-state index is 12.8. The summed E-state index contributed by atoms with van der Waals surface area (Å²) in [4.78, 5) is 25.8. The molecular formula is C33H31Cl2N5O4. The van der Waals surface area contributed by atoms with Crippen molar-refractivity contribution in [3.05, 3.63) is 106 Å². The van der Waals surface area contributed by atoms with Crippen LogP contribution >= 0.6 is 23.2 Å². The highest BCUT2D eigenvalue weighted by Crippen LogP contribution is 2.33. The van der Waals surface area contributed by atoms with E-state index in [2.05, 4.69) is 26.3 Å². The van der Waals surface area contributed by atoms with E-state index in [1.165, 1.54) is 5.56 Å². The first-order valence-electron chi connectivity index (χ1n) is 14.3. The second kappa shape index (κ2) is 14.1. The summed E-state index contributed by atoms with van der Waals surface area (Å²) in [5.74, 6) is 2.85. The molecule has 0 bridgehead atoms. The highest BCUT2D eigenvalue weighted by atomic mass is 35.5. The highest BCUT2D eigenvalue weighted by molar-refractivity contribution is 6.42. The number of piperazine rings is 1. The molecule has 1 aromatic heterocycles. The van der Waals surface area contributed by atoms with Gasteiger partial charge < -0.3 is 24.4 Å². The Morgan fingerprint density at radius 3 is 2.48 bits per heavy atom. The summed E-state index contributed by atoms with van der Waals surface area (Å²) in [6.45, 7) is 5.10. The molecule has 2 aliphatic heterocycles. The largest absolute Gasteiger partial charge is 0.454 e. The smallest absolute Gasteiger partial charge is 0.236 e. The van der Waals surface area contributed by atoms with E-state index < -0.39 is 0 Å². The molecule has 1 amide bonds. The monoisotopic (exact) mass is 631 g/mol.